The maximum Gasteiger partial charge on any atom is 0.407 e. The summed E-state index contributed by atoms with van der Waals surface area (Å²) in [6, 6.07) is 15.4. The number of benzene rings is 2. The van der Waals surface area contributed by atoms with Crippen LogP contribution in [-0.2, 0) is 14.3 Å². The van der Waals surface area contributed by atoms with E-state index in [-0.39, 0.29) is 30.8 Å². The highest BCUT2D eigenvalue weighted by Gasteiger charge is 2.42. The Bertz CT molecular complexity index is 1030. The zero-order chi connectivity index (χ0) is 24.3. The summed E-state index contributed by atoms with van der Waals surface area (Å²) in [5, 5.41) is 14.9. The summed E-state index contributed by atoms with van der Waals surface area (Å²) < 4.78 is 5.61. The van der Waals surface area contributed by atoms with Crippen LogP contribution >= 0.6 is 0 Å². The fourth-order valence-corrected chi connectivity index (χ4v) is 5.07. The second-order valence-electron chi connectivity index (χ2n) is 9.85. The van der Waals surface area contributed by atoms with Crippen LogP contribution < -0.4 is 10.6 Å². The average Bonchev–Trinajstić information content (AvgIpc) is 3.09. The van der Waals surface area contributed by atoms with Gasteiger partial charge in [-0.25, -0.2) is 4.79 Å². The van der Waals surface area contributed by atoms with E-state index in [0.717, 1.165) is 28.7 Å². The Balaban J connectivity index is 1.41. The molecule has 0 saturated heterocycles. The predicted octanol–water partition coefficient (Wildman–Crippen LogP) is 4.45. The molecule has 1 fully saturated rings. The van der Waals surface area contributed by atoms with Gasteiger partial charge in [-0.05, 0) is 53.9 Å². The van der Waals surface area contributed by atoms with Gasteiger partial charge in [0.1, 0.15) is 12.6 Å². The smallest absolute Gasteiger partial charge is 0.407 e. The second kappa shape index (κ2) is 9.87. The molecule has 0 aliphatic heterocycles. The summed E-state index contributed by atoms with van der Waals surface area (Å²) in [6.45, 7) is 4.10. The number of carboxylic acids is 1. The van der Waals surface area contributed by atoms with Crippen LogP contribution in [0, 0.1) is 5.92 Å². The number of carbonyl (C=O) groups excluding carboxylic acids is 2. The number of amides is 2. The van der Waals surface area contributed by atoms with E-state index in [1.807, 2.05) is 38.1 Å². The summed E-state index contributed by atoms with van der Waals surface area (Å²) >= 11 is 0. The molecule has 0 aromatic heterocycles. The number of aliphatic carboxylic acids is 1. The molecule has 7 heteroatoms. The molecule has 2 aromatic rings. The summed E-state index contributed by atoms with van der Waals surface area (Å²) in [7, 11) is 0. The van der Waals surface area contributed by atoms with E-state index in [4.69, 9.17) is 4.74 Å². The number of alkyl carbamates (subject to hydrolysis) is 1. The van der Waals surface area contributed by atoms with Gasteiger partial charge < -0.3 is 20.5 Å². The molecule has 180 valence electrons. The summed E-state index contributed by atoms with van der Waals surface area (Å²) in [5.41, 5.74) is 3.81. The molecule has 1 saturated carbocycles. The first-order valence-electron chi connectivity index (χ1n) is 11.9. The van der Waals surface area contributed by atoms with Crippen molar-refractivity contribution in [3.05, 3.63) is 59.7 Å². The number of rotatable bonds is 9. The van der Waals surface area contributed by atoms with Crippen molar-refractivity contribution in [1.82, 2.24) is 10.6 Å². The number of ether oxygens (including phenoxy) is 1. The maximum atomic E-state index is 13.0. The monoisotopic (exact) mass is 464 g/mol. The van der Waals surface area contributed by atoms with Crippen LogP contribution in [0.2, 0.25) is 0 Å². The fourth-order valence-electron chi connectivity index (χ4n) is 5.07. The lowest BCUT2D eigenvalue weighted by atomic mass is 9.74. The number of carboxylic acid groups (broad SMARTS) is 1. The third kappa shape index (κ3) is 5.08. The summed E-state index contributed by atoms with van der Waals surface area (Å²) in [6.07, 6.45) is 1.80. The quantitative estimate of drug-likeness (QED) is 0.508. The van der Waals surface area contributed by atoms with Crippen LogP contribution in [0.3, 0.4) is 0 Å². The van der Waals surface area contributed by atoms with Gasteiger partial charge in [0.15, 0.2) is 0 Å². The Morgan fingerprint density at radius 1 is 1.03 bits per heavy atom. The minimum Gasteiger partial charge on any atom is -0.481 e. The van der Waals surface area contributed by atoms with Crippen LogP contribution in [-0.4, -0.2) is 41.3 Å². The lowest BCUT2D eigenvalue weighted by molar-refractivity contribution is -0.140. The highest BCUT2D eigenvalue weighted by atomic mass is 16.5. The molecule has 1 atom stereocenters. The second-order valence-corrected chi connectivity index (χ2v) is 9.85. The fraction of sp³-hybridized carbons (Fsp3) is 0.444. The molecule has 2 aliphatic rings. The van der Waals surface area contributed by atoms with Crippen molar-refractivity contribution in [2.45, 2.75) is 63.5 Å². The Morgan fingerprint density at radius 2 is 1.62 bits per heavy atom. The molecule has 0 radical (unpaired) electrons. The molecular weight excluding hydrogens is 432 g/mol. The Kier molecular flexibility index (Phi) is 6.91. The molecule has 3 N–H and O–H groups in total. The molecular formula is C27H32N2O5. The Hall–Kier alpha value is -3.35. The van der Waals surface area contributed by atoms with Gasteiger partial charge in [0.25, 0.3) is 0 Å². The maximum absolute atomic E-state index is 13.0. The highest BCUT2D eigenvalue weighted by molar-refractivity contribution is 5.87. The number of fused-ring (bicyclic) bond motifs is 3. The molecule has 2 amide bonds. The minimum absolute atomic E-state index is 0.0654. The Morgan fingerprint density at radius 3 is 2.12 bits per heavy atom. The minimum atomic E-state index is -0.940. The molecule has 0 bridgehead atoms. The zero-order valence-electron chi connectivity index (χ0n) is 19.7. The summed E-state index contributed by atoms with van der Waals surface area (Å²) in [5.74, 6) is -1.21. The third-order valence-electron chi connectivity index (χ3n) is 6.85. The third-order valence-corrected chi connectivity index (χ3v) is 6.85. The van der Waals surface area contributed by atoms with Crippen molar-refractivity contribution in [3.63, 3.8) is 0 Å². The zero-order valence-corrected chi connectivity index (χ0v) is 19.7. The van der Waals surface area contributed by atoms with Gasteiger partial charge in [0.05, 0.1) is 12.0 Å². The molecule has 0 unspecified atom stereocenters. The Labute approximate surface area is 199 Å². The van der Waals surface area contributed by atoms with Crippen molar-refractivity contribution in [2.75, 3.05) is 6.61 Å². The average molecular weight is 465 g/mol. The molecule has 2 aromatic carbocycles. The highest BCUT2D eigenvalue weighted by Crippen LogP contribution is 2.44. The lowest BCUT2D eigenvalue weighted by Crippen LogP contribution is -2.59. The van der Waals surface area contributed by atoms with E-state index in [0.29, 0.717) is 19.3 Å². The molecule has 4 rings (SSSR count). The summed E-state index contributed by atoms with van der Waals surface area (Å²) in [4.78, 5) is 37.0. The standard InChI is InChI=1S/C27H32N2O5/c1-17(2)14-23(25(32)29-27(12-7-13-27)15-24(30)31)28-26(33)34-16-22-20-10-5-3-8-18(20)19-9-4-6-11-21(19)22/h3-6,8-11,17,22-23H,7,12-16H2,1-2H3,(H,28,33)(H,29,32)(H,30,31)/t23-/m1/s1. The van der Waals surface area contributed by atoms with Crippen molar-refractivity contribution in [1.29, 1.82) is 0 Å². The van der Waals surface area contributed by atoms with E-state index >= 15 is 0 Å². The molecule has 34 heavy (non-hydrogen) atoms. The van der Waals surface area contributed by atoms with Gasteiger partial charge in [-0.15, -0.1) is 0 Å². The van der Waals surface area contributed by atoms with Crippen LogP contribution in [0.1, 0.15) is 63.0 Å². The van der Waals surface area contributed by atoms with Crippen LogP contribution in [0.25, 0.3) is 11.1 Å². The lowest BCUT2D eigenvalue weighted by Gasteiger charge is -2.42. The van der Waals surface area contributed by atoms with E-state index in [1.54, 1.807) is 0 Å². The number of nitrogens with one attached hydrogen (secondary N) is 2. The van der Waals surface area contributed by atoms with E-state index in [9.17, 15) is 19.5 Å². The van der Waals surface area contributed by atoms with Crippen molar-refractivity contribution in [3.8, 4) is 11.1 Å². The molecule has 2 aliphatic carbocycles. The first kappa shape index (κ1) is 23.8. The van der Waals surface area contributed by atoms with Crippen molar-refractivity contribution < 1.29 is 24.2 Å². The predicted molar refractivity (Wildman–Crippen MR) is 128 cm³/mol. The van der Waals surface area contributed by atoms with Crippen LogP contribution in [0.5, 0.6) is 0 Å². The van der Waals surface area contributed by atoms with Crippen molar-refractivity contribution >= 4 is 18.0 Å². The van der Waals surface area contributed by atoms with E-state index in [2.05, 4.69) is 34.9 Å². The first-order valence-corrected chi connectivity index (χ1v) is 11.9. The van der Waals surface area contributed by atoms with E-state index < -0.39 is 23.6 Å². The van der Waals surface area contributed by atoms with Gasteiger partial charge in [0.2, 0.25) is 5.91 Å². The molecule has 7 nitrogen and oxygen atoms in total. The SMILES string of the molecule is CC(C)C[C@@H](NC(=O)OCC1c2ccccc2-c2ccccc21)C(=O)NC1(CC(=O)O)CCC1. The number of carbonyl (C=O) groups is 3. The van der Waals surface area contributed by atoms with Gasteiger partial charge in [-0.1, -0.05) is 62.4 Å². The van der Waals surface area contributed by atoms with E-state index in [1.165, 1.54) is 0 Å². The van der Waals surface area contributed by atoms with Gasteiger partial charge in [-0.2, -0.15) is 0 Å². The topological polar surface area (TPSA) is 105 Å². The van der Waals surface area contributed by atoms with Crippen molar-refractivity contribution in [2.24, 2.45) is 5.92 Å². The first-order chi connectivity index (χ1) is 16.3. The number of hydrogen-bond acceptors (Lipinski definition) is 4. The molecule has 0 spiro atoms. The normalized spacial score (nSPS) is 16.7. The van der Waals surface area contributed by atoms with Crippen LogP contribution in [0.4, 0.5) is 4.79 Å². The van der Waals surface area contributed by atoms with Gasteiger partial charge in [0, 0.05) is 5.92 Å². The molecule has 0 heterocycles. The number of hydrogen-bond donors (Lipinski definition) is 3. The van der Waals surface area contributed by atoms with Crippen LogP contribution in [0.15, 0.2) is 48.5 Å². The largest absolute Gasteiger partial charge is 0.481 e. The van der Waals surface area contributed by atoms with Gasteiger partial charge in [-0.3, -0.25) is 9.59 Å². The van der Waals surface area contributed by atoms with Gasteiger partial charge >= 0.3 is 12.1 Å².